The summed E-state index contributed by atoms with van der Waals surface area (Å²) in [6.07, 6.45) is 1.89. The zero-order chi connectivity index (χ0) is 14.9. The van der Waals surface area contributed by atoms with E-state index in [-0.39, 0.29) is 12.5 Å². The van der Waals surface area contributed by atoms with Gasteiger partial charge in [-0.25, -0.2) is 9.97 Å². The molecule has 0 spiro atoms. The summed E-state index contributed by atoms with van der Waals surface area (Å²) < 4.78 is 1.11. The Kier molecular flexibility index (Phi) is 3.52. The smallest absolute Gasteiger partial charge is 0.225 e. The first-order chi connectivity index (χ1) is 10.8. The molecule has 1 aromatic carbocycles. The molecule has 0 aliphatic carbocycles. The summed E-state index contributed by atoms with van der Waals surface area (Å²) >= 11 is 1.66. The summed E-state index contributed by atoms with van der Waals surface area (Å²) in [5, 5.41) is 11.8. The van der Waals surface area contributed by atoms with Gasteiger partial charge in [0.1, 0.15) is 0 Å². The lowest BCUT2D eigenvalue weighted by Crippen LogP contribution is -2.22. The van der Waals surface area contributed by atoms with Gasteiger partial charge in [0, 0.05) is 31.5 Å². The summed E-state index contributed by atoms with van der Waals surface area (Å²) in [4.78, 5) is 11.3. The normalized spacial score (nSPS) is 21.6. The summed E-state index contributed by atoms with van der Waals surface area (Å²) in [5.74, 6) is 1.32. The quantitative estimate of drug-likeness (QED) is 0.808. The number of fused-ring (bicyclic) bond motifs is 1. The number of thiophene rings is 1. The van der Waals surface area contributed by atoms with Gasteiger partial charge in [0.15, 0.2) is 0 Å². The van der Waals surface area contributed by atoms with E-state index in [0.717, 1.165) is 29.3 Å². The molecule has 112 valence electrons. The number of benzene rings is 1. The Balaban J connectivity index is 1.63. The summed E-state index contributed by atoms with van der Waals surface area (Å²) in [6, 6.07) is 12.4. The van der Waals surface area contributed by atoms with Crippen LogP contribution in [0.3, 0.4) is 0 Å². The van der Waals surface area contributed by atoms with Gasteiger partial charge in [-0.05, 0) is 17.0 Å². The van der Waals surface area contributed by atoms with E-state index in [1.54, 1.807) is 11.3 Å². The molecular weight excluding hydrogens is 294 g/mol. The molecule has 4 nitrogen and oxygen atoms in total. The Labute approximate surface area is 133 Å². The van der Waals surface area contributed by atoms with Crippen LogP contribution >= 0.6 is 11.3 Å². The molecule has 5 heteroatoms. The number of anilines is 1. The van der Waals surface area contributed by atoms with Crippen LogP contribution in [0.4, 0.5) is 5.95 Å². The molecule has 1 aliphatic heterocycles. The molecule has 0 unspecified atom stereocenters. The van der Waals surface area contributed by atoms with Crippen LogP contribution in [0.15, 0.2) is 48.0 Å². The van der Waals surface area contributed by atoms with Crippen LogP contribution in [0.1, 0.15) is 11.5 Å². The van der Waals surface area contributed by atoms with Crippen molar-refractivity contribution in [1.29, 1.82) is 0 Å². The maximum atomic E-state index is 9.74. The van der Waals surface area contributed by atoms with Gasteiger partial charge in [-0.3, -0.25) is 0 Å². The molecule has 22 heavy (non-hydrogen) atoms. The fourth-order valence-corrected chi connectivity index (χ4v) is 3.90. The van der Waals surface area contributed by atoms with E-state index in [2.05, 4.69) is 39.1 Å². The standard InChI is InChI=1S/C17H17N3OS/c21-11-13-9-20(10-14(13)12-4-2-1-3-5-12)17-18-8-16-15(19-17)6-7-22-16/h1-8,13-14,21H,9-11H2/t13-,14-/m0/s1. The Bertz CT molecular complexity index is 774. The molecule has 2 atom stereocenters. The van der Waals surface area contributed by atoms with Crippen molar-refractivity contribution in [3.63, 3.8) is 0 Å². The molecule has 0 radical (unpaired) electrons. The number of aliphatic hydroxyl groups is 1. The van der Waals surface area contributed by atoms with Crippen molar-refractivity contribution in [1.82, 2.24) is 9.97 Å². The van der Waals surface area contributed by atoms with Crippen molar-refractivity contribution < 1.29 is 5.11 Å². The van der Waals surface area contributed by atoms with Gasteiger partial charge < -0.3 is 10.0 Å². The molecule has 0 bridgehead atoms. The van der Waals surface area contributed by atoms with Gasteiger partial charge in [-0.2, -0.15) is 0 Å². The second-order valence-corrected chi connectivity index (χ2v) is 6.65. The van der Waals surface area contributed by atoms with Crippen molar-refractivity contribution in [3.05, 3.63) is 53.5 Å². The molecule has 1 aliphatic rings. The molecule has 1 fully saturated rings. The van der Waals surface area contributed by atoms with Crippen molar-refractivity contribution in [2.24, 2.45) is 5.92 Å². The second-order valence-electron chi connectivity index (χ2n) is 5.70. The third-order valence-electron chi connectivity index (χ3n) is 4.38. The lowest BCUT2D eigenvalue weighted by atomic mass is 9.90. The van der Waals surface area contributed by atoms with Crippen LogP contribution < -0.4 is 4.90 Å². The molecule has 1 saturated heterocycles. The highest BCUT2D eigenvalue weighted by molar-refractivity contribution is 7.17. The Morgan fingerprint density at radius 1 is 1.18 bits per heavy atom. The molecule has 4 rings (SSSR count). The average Bonchev–Trinajstić information content (AvgIpc) is 3.21. The largest absolute Gasteiger partial charge is 0.396 e. The minimum atomic E-state index is 0.191. The Hall–Kier alpha value is -1.98. The SMILES string of the molecule is OC[C@@H]1CN(c2ncc3sccc3n2)C[C@H]1c1ccccc1. The molecule has 2 aromatic heterocycles. The zero-order valence-electron chi connectivity index (χ0n) is 12.1. The highest BCUT2D eigenvalue weighted by atomic mass is 32.1. The van der Waals surface area contributed by atoms with Crippen LogP contribution in [0.2, 0.25) is 0 Å². The second kappa shape index (κ2) is 5.66. The van der Waals surface area contributed by atoms with Gasteiger partial charge in [0.2, 0.25) is 5.95 Å². The predicted octanol–water partition coefficient (Wildman–Crippen LogP) is 2.90. The fraction of sp³-hybridized carbons (Fsp3) is 0.294. The van der Waals surface area contributed by atoms with Crippen LogP contribution in [-0.4, -0.2) is 34.8 Å². The van der Waals surface area contributed by atoms with E-state index in [9.17, 15) is 5.11 Å². The maximum Gasteiger partial charge on any atom is 0.225 e. The van der Waals surface area contributed by atoms with Crippen molar-refractivity contribution in [2.75, 3.05) is 24.6 Å². The van der Waals surface area contributed by atoms with E-state index in [1.807, 2.05) is 23.7 Å². The number of hydrogen-bond acceptors (Lipinski definition) is 5. The van der Waals surface area contributed by atoms with Gasteiger partial charge in [0.25, 0.3) is 0 Å². The van der Waals surface area contributed by atoms with Crippen LogP contribution in [0, 0.1) is 5.92 Å². The molecule has 3 heterocycles. The summed E-state index contributed by atoms with van der Waals surface area (Å²) in [7, 11) is 0. The average molecular weight is 311 g/mol. The van der Waals surface area contributed by atoms with E-state index >= 15 is 0 Å². The minimum absolute atomic E-state index is 0.191. The molecular formula is C17H17N3OS. The molecule has 0 amide bonds. The first-order valence-electron chi connectivity index (χ1n) is 7.46. The first-order valence-corrected chi connectivity index (χ1v) is 8.34. The monoisotopic (exact) mass is 311 g/mol. The number of aromatic nitrogens is 2. The number of aliphatic hydroxyl groups excluding tert-OH is 1. The lowest BCUT2D eigenvalue weighted by molar-refractivity contribution is 0.227. The summed E-state index contributed by atoms with van der Waals surface area (Å²) in [6.45, 7) is 1.84. The molecule has 0 saturated carbocycles. The van der Waals surface area contributed by atoms with Crippen molar-refractivity contribution >= 4 is 27.5 Å². The first kappa shape index (κ1) is 13.7. The number of rotatable bonds is 3. The van der Waals surface area contributed by atoms with Crippen molar-refractivity contribution in [2.45, 2.75) is 5.92 Å². The van der Waals surface area contributed by atoms with Gasteiger partial charge >= 0.3 is 0 Å². The maximum absolute atomic E-state index is 9.74. The lowest BCUT2D eigenvalue weighted by Gasteiger charge is -2.16. The Morgan fingerprint density at radius 3 is 2.86 bits per heavy atom. The van der Waals surface area contributed by atoms with Gasteiger partial charge in [-0.1, -0.05) is 30.3 Å². The van der Waals surface area contributed by atoms with Crippen LogP contribution in [0.25, 0.3) is 10.2 Å². The Morgan fingerprint density at radius 2 is 2.05 bits per heavy atom. The topological polar surface area (TPSA) is 49.2 Å². The molecule has 1 N–H and O–H groups in total. The third-order valence-corrected chi connectivity index (χ3v) is 5.22. The number of hydrogen-bond donors (Lipinski definition) is 1. The van der Waals surface area contributed by atoms with Crippen LogP contribution in [-0.2, 0) is 0 Å². The zero-order valence-corrected chi connectivity index (χ0v) is 12.9. The minimum Gasteiger partial charge on any atom is -0.396 e. The predicted molar refractivity (Wildman–Crippen MR) is 89.4 cm³/mol. The van der Waals surface area contributed by atoms with E-state index in [0.29, 0.717) is 5.92 Å². The van der Waals surface area contributed by atoms with E-state index < -0.39 is 0 Å². The highest BCUT2D eigenvalue weighted by Gasteiger charge is 2.34. The summed E-state index contributed by atoms with van der Waals surface area (Å²) in [5.41, 5.74) is 2.28. The van der Waals surface area contributed by atoms with E-state index in [1.165, 1.54) is 5.56 Å². The van der Waals surface area contributed by atoms with Gasteiger partial charge in [-0.15, -0.1) is 11.3 Å². The van der Waals surface area contributed by atoms with Crippen molar-refractivity contribution in [3.8, 4) is 0 Å². The fourth-order valence-electron chi connectivity index (χ4n) is 3.21. The third kappa shape index (κ3) is 2.36. The van der Waals surface area contributed by atoms with E-state index in [4.69, 9.17) is 0 Å². The van der Waals surface area contributed by atoms with Crippen LogP contribution in [0.5, 0.6) is 0 Å². The van der Waals surface area contributed by atoms with Gasteiger partial charge in [0.05, 0.1) is 16.4 Å². The number of nitrogens with zero attached hydrogens (tertiary/aromatic N) is 3. The highest BCUT2D eigenvalue weighted by Crippen LogP contribution is 2.34. The molecule has 3 aromatic rings.